The third-order valence-corrected chi connectivity index (χ3v) is 5.36. The van der Waals surface area contributed by atoms with Crippen molar-refractivity contribution in [1.82, 2.24) is 19.4 Å². The van der Waals surface area contributed by atoms with Crippen LogP contribution in [0, 0.1) is 0 Å². The van der Waals surface area contributed by atoms with Gasteiger partial charge in [0.25, 0.3) is 5.91 Å². The Balaban J connectivity index is 1.59. The molecule has 0 saturated carbocycles. The molecule has 1 amide bonds. The molecule has 1 fully saturated rings. The molecule has 0 N–H and O–H groups in total. The van der Waals surface area contributed by atoms with Gasteiger partial charge in [0.1, 0.15) is 11.4 Å². The number of imidazole rings is 1. The van der Waals surface area contributed by atoms with Crippen molar-refractivity contribution in [3.63, 3.8) is 0 Å². The number of rotatable bonds is 6. The van der Waals surface area contributed by atoms with Crippen LogP contribution < -0.4 is 4.74 Å². The number of hydrogen-bond acceptors (Lipinski definition) is 5. The van der Waals surface area contributed by atoms with E-state index >= 15 is 0 Å². The second-order valence-electron chi connectivity index (χ2n) is 7.83. The lowest BCUT2D eigenvalue weighted by Gasteiger charge is -2.34. The Labute approximate surface area is 188 Å². The number of hydrogen-bond donors (Lipinski definition) is 0. The lowest BCUT2D eigenvalue weighted by molar-refractivity contribution is -0.274. The van der Waals surface area contributed by atoms with E-state index in [-0.39, 0.29) is 17.7 Å². The number of amides is 1. The van der Waals surface area contributed by atoms with E-state index in [0.717, 1.165) is 5.56 Å². The van der Waals surface area contributed by atoms with Crippen molar-refractivity contribution >= 4 is 5.91 Å². The molecule has 0 radical (unpaired) electrons. The summed E-state index contributed by atoms with van der Waals surface area (Å²) in [7, 11) is 1.80. The first-order valence-electron chi connectivity index (χ1n) is 10.5. The molecular weight excluding hydrogens is 437 g/mol. The lowest BCUT2D eigenvalue weighted by Crippen LogP contribution is -2.43. The highest BCUT2D eigenvalue weighted by Crippen LogP contribution is 2.28. The lowest BCUT2D eigenvalue weighted by atomic mass is 10.0. The van der Waals surface area contributed by atoms with Crippen LogP contribution in [0.2, 0.25) is 0 Å². The van der Waals surface area contributed by atoms with Gasteiger partial charge in [-0.15, -0.1) is 13.2 Å². The normalized spacial score (nSPS) is 14.8. The van der Waals surface area contributed by atoms with Crippen molar-refractivity contribution in [3.8, 4) is 17.0 Å². The summed E-state index contributed by atoms with van der Waals surface area (Å²) >= 11 is 0. The number of aromatic nitrogens is 3. The van der Waals surface area contributed by atoms with E-state index in [4.69, 9.17) is 4.74 Å². The Morgan fingerprint density at radius 2 is 2.00 bits per heavy atom. The number of halogens is 3. The largest absolute Gasteiger partial charge is 0.573 e. The summed E-state index contributed by atoms with van der Waals surface area (Å²) in [6.45, 7) is 1.46. The van der Waals surface area contributed by atoms with E-state index in [9.17, 15) is 18.0 Å². The molecule has 3 aromatic rings. The standard InChI is InChI=1S/C23H23F3N4O3/c1-29-14-21(28-15-29)22(31)30(18-6-9-32-10-7-18)13-16-5-8-27-20(11-16)17-3-2-4-19(12-17)33-23(24,25)26/h2-5,8,11-12,14-15,18H,6-7,9-10,13H2,1H3. The maximum atomic E-state index is 13.3. The highest BCUT2D eigenvalue weighted by Gasteiger charge is 2.31. The molecule has 0 spiro atoms. The van der Waals surface area contributed by atoms with Gasteiger partial charge in [-0.25, -0.2) is 4.98 Å². The molecule has 0 atom stereocenters. The zero-order chi connectivity index (χ0) is 23.4. The van der Waals surface area contributed by atoms with Crippen molar-refractivity contribution in [2.45, 2.75) is 31.8 Å². The van der Waals surface area contributed by atoms with Gasteiger partial charge in [0.05, 0.1) is 12.0 Å². The van der Waals surface area contributed by atoms with Crippen LogP contribution in [-0.4, -0.2) is 51.0 Å². The quantitative estimate of drug-likeness (QED) is 0.552. The van der Waals surface area contributed by atoms with Crippen LogP contribution in [0.3, 0.4) is 0 Å². The van der Waals surface area contributed by atoms with Gasteiger partial charge in [0.15, 0.2) is 0 Å². The van der Waals surface area contributed by atoms with Crippen molar-refractivity contribution in [1.29, 1.82) is 0 Å². The van der Waals surface area contributed by atoms with Gasteiger partial charge in [0, 0.05) is 50.8 Å². The first-order chi connectivity index (χ1) is 15.8. The average Bonchev–Trinajstić information content (AvgIpc) is 3.23. The minimum absolute atomic E-state index is 0.00613. The summed E-state index contributed by atoms with van der Waals surface area (Å²) in [6.07, 6.45) is 1.49. The molecule has 33 heavy (non-hydrogen) atoms. The molecule has 174 valence electrons. The van der Waals surface area contributed by atoms with Crippen LogP contribution in [0.15, 0.2) is 55.1 Å². The van der Waals surface area contributed by atoms with E-state index in [1.807, 2.05) is 0 Å². The van der Waals surface area contributed by atoms with Crippen LogP contribution >= 0.6 is 0 Å². The van der Waals surface area contributed by atoms with Gasteiger partial charge in [-0.3, -0.25) is 9.78 Å². The number of alkyl halides is 3. The molecule has 0 aliphatic carbocycles. The molecule has 1 aliphatic heterocycles. The van der Waals surface area contributed by atoms with Crippen LogP contribution in [0.4, 0.5) is 13.2 Å². The third-order valence-electron chi connectivity index (χ3n) is 5.36. The summed E-state index contributed by atoms with van der Waals surface area (Å²) in [5.74, 6) is -0.497. The molecule has 1 aromatic carbocycles. The summed E-state index contributed by atoms with van der Waals surface area (Å²) in [6, 6.07) is 9.21. The molecule has 3 heterocycles. The van der Waals surface area contributed by atoms with Crippen LogP contribution in [0.1, 0.15) is 28.9 Å². The predicted molar refractivity (Wildman–Crippen MR) is 113 cm³/mol. The topological polar surface area (TPSA) is 69.5 Å². The van der Waals surface area contributed by atoms with E-state index in [1.54, 1.807) is 53.4 Å². The number of carbonyl (C=O) groups is 1. The number of ether oxygens (including phenoxy) is 2. The molecule has 4 rings (SSSR count). The van der Waals surface area contributed by atoms with E-state index in [0.29, 0.717) is 49.6 Å². The molecule has 10 heteroatoms. The Hall–Kier alpha value is -3.40. The fraction of sp³-hybridized carbons (Fsp3) is 0.348. The van der Waals surface area contributed by atoms with Gasteiger partial charge >= 0.3 is 6.36 Å². The van der Waals surface area contributed by atoms with Gasteiger partial charge < -0.3 is 18.9 Å². The molecule has 0 unspecified atom stereocenters. The van der Waals surface area contributed by atoms with Gasteiger partial charge in [-0.05, 0) is 42.7 Å². The Bertz CT molecular complexity index is 1110. The zero-order valence-corrected chi connectivity index (χ0v) is 18.0. The summed E-state index contributed by atoms with van der Waals surface area (Å²) < 4.78 is 48.9. The maximum Gasteiger partial charge on any atom is 0.573 e. The minimum atomic E-state index is -4.77. The SMILES string of the molecule is Cn1cnc(C(=O)N(Cc2ccnc(-c3cccc(OC(F)(F)F)c3)c2)C2CCOCC2)c1. The third kappa shape index (κ3) is 5.89. The number of nitrogens with zero attached hydrogens (tertiary/aromatic N) is 4. The first-order valence-corrected chi connectivity index (χ1v) is 10.5. The Kier molecular flexibility index (Phi) is 6.64. The van der Waals surface area contributed by atoms with Crippen molar-refractivity contribution < 1.29 is 27.4 Å². The number of pyridine rings is 1. The van der Waals surface area contributed by atoms with E-state index in [1.165, 1.54) is 18.2 Å². The predicted octanol–water partition coefficient (Wildman–Crippen LogP) is 4.20. The molecule has 1 aliphatic rings. The summed E-state index contributed by atoms with van der Waals surface area (Å²) in [5, 5.41) is 0. The van der Waals surface area contributed by atoms with Gasteiger partial charge in [-0.1, -0.05) is 12.1 Å². The summed E-state index contributed by atoms with van der Waals surface area (Å²) in [4.78, 5) is 23.5. The average molecular weight is 460 g/mol. The van der Waals surface area contributed by atoms with Crippen LogP contribution in [-0.2, 0) is 18.3 Å². The van der Waals surface area contributed by atoms with Gasteiger partial charge in [0.2, 0.25) is 0 Å². The van der Waals surface area contributed by atoms with Gasteiger partial charge in [-0.2, -0.15) is 0 Å². The Morgan fingerprint density at radius 3 is 2.70 bits per heavy atom. The number of aryl methyl sites for hydroxylation is 1. The highest BCUT2D eigenvalue weighted by molar-refractivity contribution is 5.92. The number of benzene rings is 1. The summed E-state index contributed by atoms with van der Waals surface area (Å²) in [5.41, 5.74) is 2.12. The molecule has 0 bridgehead atoms. The van der Waals surface area contributed by atoms with E-state index in [2.05, 4.69) is 14.7 Å². The smallest absolute Gasteiger partial charge is 0.406 e. The van der Waals surface area contributed by atoms with Crippen LogP contribution in [0.25, 0.3) is 11.3 Å². The Morgan fingerprint density at radius 1 is 1.21 bits per heavy atom. The van der Waals surface area contributed by atoms with Crippen molar-refractivity contribution in [3.05, 3.63) is 66.4 Å². The minimum Gasteiger partial charge on any atom is -0.406 e. The molecular formula is C23H23F3N4O3. The highest BCUT2D eigenvalue weighted by atomic mass is 19.4. The second-order valence-corrected chi connectivity index (χ2v) is 7.83. The zero-order valence-electron chi connectivity index (χ0n) is 18.0. The van der Waals surface area contributed by atoms with Crippen molar-refractivity contribution in [2.75, 3.05) is 13.2 Å². The monoisotopic (exact) mass is 460 g/mol. The fourth-order valence-corrected chi connectivity index (χ4v) is 3.81. The van der Waals surface area contributed by atoms with Crippen LogP contribution in [0.5, 0.6) is 5.75 Å². The fourth-order valence-electron chi connectivity index (χ4n) is 3.81. The molecule has 1 saturated heterocycles. The molecule has 2 aromatic heterocycles. The van der Waals surface area contributed by atoms with E-state index < -0.39 is 6.36 Å². The van der Waals surface area contributed by atoms with Crippen molar-refractivity contribution in [2.24, 2.45) is 7.05 Å². The number of carbonyl (C=O) groups excluding carboxylic acids is 1. The maximum absolute atomic E-state index is 13.3. The first kappa shape index (κ1) is 22.8. The molecule has 7 nitrogen and oxygen atoms in total. The second kappa shape index (κ2) is 9.62.